The van der Waals surface area contributed by atoms with Crippen molar-refractivity contribution in [1.29, 1.82) is 0 Å². The zero-order valence-corrected chi connectivity index (χ0v) is 15.8. The lowest BCUT2D eigenvalue weighted by molar-refractivity contribution is -0.115. The van der Waals surface area contributed by atoms with E-state index in [0.29, 0.717) is 4.91 Å². The smallest absolute Gasteiger partial charge is 0.264 e. The van der Waals surface area contributed by atoms with Crippen molar-refractivity contribution in [3.05, 3.63) is 82.4 Å². The molecule has 1 fully saturated rings. The van der Waals surface area contributed by atoms with Crippen LogP contribution < -0.4 is 5.32 Å². The van der Waals surface area contributed by atoms with Gasteiger partial charge in [0.05, 0.1) is 17.0 Å². The van der Waals surface area contributed by atoms with E-state index < -0.39 is 24.3 Å². The standard InChI is InChI=1S/C21H15F2N3O2S/c22-14-4-5-15(16(23)10-14)18(11-27)25-21-26-20(28)19(29-21)9-12-3-6-17-13(8-12)2-1-7-24-17/h1-10,18,27H,11H2,(H,25,26,28). The maximum atomic E-state index is 14.0. The molecule has 1 aliphatic rings. The van der Waals surface area contributed by atoms with E-state index in [1.54, 1.807) is 12.3 Å². The van der Waals surface area contributed by atoms with E-state index in [9.17, 15) is 18.7 Å². The highest BCUT2D eigenvalue weighted by Crippen LogP contribution is 2.30. The van der Waals surface area contributed by atoms with Gasteiger partial charge in [-0.25, -0.2) is 8.78 Å². The maximum Gasteiger partial charge on any atom is 0.264 e. The Morgan fingerprint density at radius 2 is 2.07 bits per heavy atom. The molecule has 8 heteroatoms. The van der Waals surface area contributed by atoms with Gasteiger partial charge in [-0.1, -0.05) is 18.2 Å². The Hall–Kier alpha value is -3.10. The van der Waals surface area contributed by atoms with Gasteiger partial charge in [0.25, 0.3) is 5.91 Å². The van der Waals surface area contributed by atoms with Crippen LogP contribution >= 0.6 is 11.8 Å². The normalized spacial score (nSPS) is 17.8. The third kappa shape index (κ3) is 4.18. The molecule has 0 bridgehead atoms. The molecule has 1 aliphatic heterocycles. The first kappa shape index (κ1) is 19.2. The number of fused-ring (bicyclic) bond motifs is 1. The van der Waals surface area contributed by atoms with E-state index in [-0.39, 0.29) is 16.6 Å². The molecule has 4 rings (SSSR count). The van der Waals surface area contributed by atoms with Crippen LogP contribution in [0.15, 0.2) is 64.6 Å². The zero-order chi connectivity index (χ0) is 20.4. The van der Waals surface area contributed by atoms with Gasteiger partial charge in [-0.15, -0.1) is 0 Å². The Kier molecular flexibility index (Phi) is 5.37. The van der Waals surface area contributed by atoms with Crippen molar-refractivity contribution in [3.8, 4) is 0 Å². The number of benzene rings is 2. The first-order valence-electron chi connectivity index (χ1n) is 8.73. The average Bonchev–Trinajstić information content (AvgIpc) is 3.05. The fraction of sp³-hybridized carbons (Fsp3) is 0.0952. The minimum Gasteiger partial charge on any atom is -0.394 e. The lowest BCUT2D eigenvalue weighted by Gasteiger charge is -2.11. The summed E-state index contributed by atoms with van der Waals surface area (Å²) in [7, 11) is 0. The van der Waals surface area contributed by atoms with Crippen LogP contribution in [-0.2, 0) is 4.79 Å². The van der Waals surface area contributed by atoms with Gasteiger partial charge in [-0.3, -0.25) is 14.8 Å². The van der Waals surface area contributed by atoms with Crippen LogP contribution in [-0.4, -0.2) is 27.8 Å². The number of aliphatic hydroxyl groups is 1. The summed E-state index contributed by atoms with van der Waals surface area (Å²) in [5.74, 6) is -1.85. The predicted molar refractivity (Wildman–Crippen MR) is 109 cm³/mol. The van der Waals surface area contributed by atoms with Crippen LogP contribution in [0.5, 0.6) is 0 Å². The second kappa shape index (κ2) is 8.10. The monoisotopic (exact) mass is 411 g/mol. The number of aliphatic imine (C=N–C) groups is 1. The van der Waals surface area contributed by atoms with E-state index in [4.69, 9.17) is 0 Å². The third-order valence-electron chi connectivity index (χ3n) is 4.34. The minimum absolute atomic E-state index is 0.0516. The van der Waals surface area contributed by atoms with Crippen molar-refractivity contribution in [2.24, 2.45) is 4.99 Å². The lowest BCUT2D eigenvalue weighted by Crippen LogP contribution is -2.21. The number of carbonyl (C=O) groups excluding carboxylic acids is 1. The van der Waals surface area contributed by atoms with E-state index >= 15 is 0 Å². The molecular formula is C21H15F2N3O2S. The number of halogens is 2. The van der Waals surface area contributed by atoms with Crippen molar-refractivity contribution in [3.63, 3.8) is 0 Å². The molecule has 0 aliphatic carbocycles. The summed E-state index contributed by atoms with van der Waals surface area (Å²) in [5.41, 5.74) is 1.73. The topological polar surface area (TPSA) is 74.6 Å². The number of amides is 1. The third-order valence-corrected chi connectivity index (χ3v) is 5.27. The quantitative estimate of drug-likeness (QED) is 0.641. The van der Waals surface area contributed by atoms with Crippen LogP contribution in [0.25, 0.3) is 17.0 Å². The van der Waals surface area contributed by atoms with Gasteiger partial charge in [0.15, 0.2) is 5.17 Å². The Morgan fingerprint density at radius 3 is 2.86 bits per heavy atom. The van der Waals surface area contributed by atoms with Gasteiger partial charge in [0, 0.05) is 23.2 Å². The molecule has 146 valence electrons. The molecule has 0 radical (unpaired) electrons. The van der Waals surface area contributed by atoms with Gasteiger partial charge < -0.3 is 10.4 Å². The molecular weight excluding hydrogens is 396 g/mol. The number of thioether (sulfide) groups is 1. The summed E-state index contributed by atoms with van der Waals surface area (Å²) in [5, 5.41) is 13.4. The second-order valence-electron chi connectivity index (χ2n) is 6.32. The first-order chi connectivity index (χ1) is 14.0. The summed E-state index contributed by atoms with van der Waals surface area (Å²) >= 11 is 1.09. The fourth-order valence-electron chi connectivity index (χ4n) is 2.95. The van der Waals surface area contributed by atoms with E-state index in [1.807, 2.05) is 30.3 Å². The maximum absolute atomic E-state index is 14.0. The number of aliphatic hydroxyl groups excluding tert-OH is 1. The van der Waals surface area contributed by atoms with Crippen molar-refractivity contribution in [1.82, 2.24) is 10.3 Å². The zero-order valence-electron chi connectivity index (χ0n) is 15.0. The second-order valence-corrected chi connectivity index (χ2v) is 7.35. The van der Waals surface area contributed by atoms with Crippen molar-refractivity contribution in [2.45, 2.75) is 6.04 Å². The largest absolute Gasteiger partial charge is 0.394 e. The predicted octanol–water partition coefficient (Wildman–Crippen LogP) is 3.81. The molecule has 0 saturated carbocycles. The molecule has 0 spiro atoms. The Bertz CT molecular complexity index is 1160. The summed E-state index contributed by atoms with van der Waals surface area (Å²) in [6.45, 7) is -0.487. The summed E-state index contributed by atoms with van der Waals surface area (Å²) in [6.07, 6.45) is 3.44. The molecule has 2 aromatic carbocycles. The first-order valence-corrected chi connectivity index (χ1v) is 9.54. The molecule has 3 aromatic rings. The highest BCUT2D eigenvalue weighted by Gasteiger charge is 2.26. The number of amidine groups is 1. The fourth-order valence-corrected chi connectivity index (χ4v) is 3.82. The SMILES string of the molecule is O=C1NC(=NC(CO)c2ccc(F)cc2F)SC1=Cc1ccc2ncccc2c1. The van der Waals surface area contributed by atoms with Crippen molar-refractivity contribution in [2.75, 3.05) is 6.61 Å². The van der Waals surface area contributed by atoms with Crippen LogP contribution in [0, 0.1) is 11.6 Å². The molecule has 1 atom stereocenters. The molecule has 1 unspecified atom stereocenters. The van der Waals surface area contributed by atoms with E-state index in [2.05, 4.69) is 15.3 Å². The number of pyridine rings is 1. The molecule has 1 amide bonds. The number of carbonyl (C=O) groups is 1. The lowest BCUT2D eigenvalue weighted by atomic mass is 10.1. The van der Waals surface area contributed by atoms with Crippen LogP contribution in [0.4, 0.5) is 8.78 Å². The van der Waals surface area contributed by atoms with Gasteiger partial charge in [0.1, 0.15) is 17.7 Å². The highest BCUT2D eigenvalue weighted by molar-refractivity contribution is 8.18. The number of nitrogens with zero attached hydrogens (tertiary/aromatic N) is 2. The van der Waals surface area contributed by atoms with Crippen LogP contribution in [0.1, 0.15) is 17.2 Å². The van der Waals surface area contributed by atoms with Crippen molar-refractivity contribution < 1.29 is 18.7 Å². The summed E-state index contributed by atoms with van der Waals surface area (Å²) in [4.78, 5) is 21.2. The van der Waals surface area contributed by atoms with Gasteiger partial charge in [-0.05, 0) is 47.7 Å². The van der Waals surface area contributed by atoms with E-state index in [0.717, 1.165) is 40.4 Å². The Balaban J connectivity index is 1.59. The van der Waals surface area contributed by atoms with Gasteiger partial charge in [-0.2, -0.15) is 0 Å². The van der Waals surface area contributed by atoms with E-state index in [1.165, 1.54) is 6.07 Å². The molecule has 2 N–H and O–H groups in total. The van der Waals surface area contributed by atoms with Crippen molar-refractivity contribution >= 4 is 39.8 Å². The highest BCUT2D eigenvalue weighted by atomic mass is 32.2. The molecule has 29 heavy (non-hydrogen) atoms. The number of hydrogen-bond acceptors (Lipinski definition) is 5. The Morgan fingerprint density at radius 1 is 1.21 bits per heavy atom. The minimum atomic E-state index is -0.954. The number of rotatable bonds is 4. The average molecular weight is 411 g/mol. The Labute approximate surface area is 169 Å². The molecule has 1 aromatic heterocycles. The summed E-state index contributed by atoms with van der Waals surface area (Å²) < 4.78 is 27.1. The number of aromatic nitrogens is 1. The van der Waals surface area contributed by atoms with Crippen LogP contribution in [0.2, 0.25) is 0 Å². The molecule has 2 heterocycles. The van der Waals surface area contributed by atoms with Crippen LogP contribution in [0.3, 0.4) is 0 Å². The number of hydrogen-bond donors (Lipinski definition) is 2. The molecule has 5 nitrogen and oxygen atoms in total. The number of nitrogens with one attached hydrogen (secondary N) is 1. The molecule has 1 saturated heterocycles. The summed E-state index contributed by atoms with van der Waals surface area (Å²) in [6, 6.07) is 11.5. The van der Waals surface area contributed by atoms with Gasteiger partial charge in [0.2, 0.25) is 0 Å². The van der Waals surface area contributed by atoms with Gasteiger partial charge >= 0.3 is 0 Å².